The summed E-state index contributed by atoms with van der Waals surface area (Å²) in [5.41, 5.74) is 10.3. The summed E-state index contributed by atoms with van der Waals surface area (Å²) in [4.78, 5) is 2.27. The minimum Gasteiger partial charge on any atom is -0.504 e. The monoisotopic (exact) mass is 834 g/mol. The van der Waals surface area contributed by atoms with E-state index in [1.807, 2.05) is 60.7 Å². The molecule has 2 heterocycles. The molecular weight excluding hydrogens is 781 g/mol. The summed E-state index contributed by atoms with van der Waals surface area (Å²) in [6, 6.07) is 19.3. The van der Waals surface area contributed by atoms with Gasteiger partial charge in [-0.3, -0.25) is 4.90 Å². The minimum absolute atomic E-state index is 0.0259. The van der Waals surface area contributed by atoms with E-state index in [1.54, 1.807) is 49.8 Å². The molecule has 9 rings (SSSR count). The lowest BCUT2D eigenvalue weighted by Crippen LogP contribution is -2.43. The number of hydrogen-bond acceptors (Lipinski definition) is 13. The number of para-hydroxylation sites is 2. The first-order valence-corrected chi connectivity index (χ1v) is 20.4. The van der Waals surface area contributed by atoms with E-state index in [4.69, 9.17) is 37.9 Å². The quantitative estimate of drug-likeness (QED) is 0.104. The number of β-amino-alcohol motifs (C(OH)–C–C–N with tert-alkyl or cyclic N) is 1. The predicted octanol–water partition coefficient (Wildman–Crippen LogP) is 6.82. The van der Waals surface area contributed by atoms with Gasteiger partial charge in [0.1, 0.15) is 12.7 Å². The number of nitrogens with one attached hydrogen (secondary N) is 1. The molecule has 13 heteroatoms. The van der Waals surface area contributed by atoms with Gasteiger partial charge in [0.05, 0.1) is 49.8 Å². The summed E-state index contributed by atoms with van der Waals surface area (Å²) >= 11 is 0. The van der Waals surface area contributed by atoms with Crippen molar-refractivity contribution in [1.82, 2.24) is 10.2 Å². The van der Waals surface area contributed by atoms with Crippen LogP contribution in [0.5, 0.6) is 57.5 Å². The maximum atomic E-state index is 11.3. The van der Waals surface area contributed by atoms with Crippen LogP contribution >= 0.6 is 0 Å². The van der Waals surface area contributed by atoms with Crippen molar-refractivity contribution >= 4 is 0 Å². The SMILES string of the molecule is COc1cc2c(cc1OC)-c1c(O)c(OC)cc3c1C(C2)N(CC(O)COc1ccccc1OC)CC3.COc1cc2c(cc1OC)-c1c(O)c(OC)cc3c1C(C2)NCC3. The highest BCUT2D eigenvalue weighted by atomic mass is 16.5. The summed E-state index contributed by atoms with van der Waals surface area (Å²) in [6.07, 6.45) is 2.56. The molecule has 13 nitrogen and oxygen atoms in total. The number of fused-ring (bicyclic) bond motifs is 4. The number of phenols is 2. The molecule has 3 atom stereocenters. The highest BCUT2D eigenvalue weighted by Gasteiger charge is 2.39. The van der Waals surface area contributed by atoms with E-state index in [2.05, 4.69) is 10.2 Å². The fourth-order valence-corrected chi connectivity index (χ4v) is 9.51. The van der Waals surface area contributed by atoms with Crippen molar-refractivity contribution in [2.45, 2.75) is 43.9 Å². The van der Waals surface area contributed by atoms with E-state index in [0.29, 0.717) is 59.0 Å². The molecule has 0 amide bonds. The van der Waals surface area contributed by atoms with Crippen LogP contribution in [0.15, 0.2) is 60.7 Å². The minimum atomic E-state index is -0.714. The van der Waals surface area contributed by atoms with Crippen molar-refractivity contribution in [3.8, 4) is 79.7 Å². The summed E-state index contributed by atoms with van der Waals surface area (Å²) in [5.74, 6) is 5.11. The van der Waals surface area contributed by atoms with Crippen LogP contribution < -0.4 is 43.2 Å². The molecule has 2 aliphatic carbocycles. The third-order valence-electron chi connectivity index (χ3n) is 12.3. The standard InChI is InChI=1S/C29H33NO7.C19H21NO4/c1-33-22-7-5-6-8-23(22)37-16-19(31)15-30-10-9-17-12-26(36-4)29(32)28-20-14-25(35-3)24(34-2)13-18(20)11-21(30)27(17)28;1-22-14-8-11-6-13-17-10(4-5-20-13)7-16(24-3)19(21)18(17)12(11)9-15(14)23-2/h5-8,12-14,19,21,31-32H,9-11,15-16H2,1-4H3;7-9,13,20-21H,4-6H2,1-3H3. The number of benzene rings is 5. The van der Waals surface area contributed by atoms with Gasteiger partial charge in [-0.1, -0.05) is 12.1 Å². The largest absolute Gasteiger partial charge is 0.504 e. The zero-order valence-electron chi connectivity index (χ0n) is 35.7. The molecule has 0 saturated carbocycles. The van der Waals surface area contributed by atoms with Crippen LogP contribution in [0.4, 0.5) is 0 Å². The second-order valence-electron chi connectivity index (χ2n) is 15.5. The van der Waals surface area contributed by atoms with Gasteiger partial charge in [-0.25, -0.2) is 0 Å². The van der Waals surface area contributed by atoms with Gasteiger partial charge in [-0.15, -0.1) is 0 Å². The zero-order chi connectivity index (χ0) is 42.9. The summed E-state index contributed by atoms with van der Waals surface area (Å²) in [5, 5.41) is 36.6. The summed E-state index contributed by atoms with van der Waals surface area (Å²) < 4.78 is 44.2. The second kappa shape index (κ2) is 17.5. The van der Waals surface area contributed by atoms with Crippen molar-refractivity contribution in [2.24, 2.45) is 0 Å². The molecule has 0 aromatic heterocycles. The zero-order valence-corrected chi connectivity index (χ0v) is 35.7. The molecule has 0 radical (unpaired) electrons. The van der Waals surface area contributed by atoms with Crippen LogP contribution in [-0.2, 0) is 25.7 Å². The number of nitrogens with zero attached hydrogens (tertiary/aromatic N) is 1. The topological polar surface area (TPSA) is 150 Å². The molecule has 5 aromatic carbocycles. The maximum Gasteiger partial charge on any atom is 0.166 e. The van der Waals surface area contributed by atoms with E-state index >= 15 is 0 Å². The number of aromatic hydroxyl groups is 2. The Kier molecular flexibility index (Phi) is 12.0. The van der Waals surface area contributed by atoms with Crippen LogP contribution in [0.2, 0.25) is 0 Å². The van der Waals surface area contributed by atoms with Gasteiger partial charge in [-0.05, 0) is 125 Å². The molecule has 61 heavy (non-hydrogen) atoms. The summed E-state index contributed by atoms with van der Waals surface area (Å²) in [7, 11) is 11.2. The van der Waals surface area contributed by atoms with Crippen LogP contribution in [0.3, 0.4) is 0 Å². The average Bonchev–Trinajstić information content (AvgIpc) is 3.29. The van der Waals surface area contributed by atoms with Gasteiger partial charge in [0.15, 0.2) is 57.5 Å². The first-order valence-electron chi connectivity index (χ1n) is 20.4. The number of phenolic OH excluding ortho intramolecular Hbond substituents is 2. The fraction of sp³-hybridized carbons (Fsp3) is 0.375. The Morgan fingerprint density at radius 1 is 0.590 bits per heavy atom. The third-order valence-corrected chi connectivity index (χ3v) is 12.3. The van der Waals surface area contributed by atoms with Crippen molar-refractivity contribution in [2.75, 3.05) is 76.0 Å². The van der Waals surface area contributed by atoms with E-state index in [1.165, 1.54) is 11.1 Å². The number of hydrogen-bond donors (Lipinski definition) is 4. The second-order valence-corrected chi connectivity index (χ2v) is 15.5. The molecule has 0 fully saturated rings. The molecule has 4 aliphatic rings. The first kappa shape index (κ1) is 41.7. The van der Waals surface area contributed by atoms with E-state index in [0.717, 1.165) is 76.9 Å². The highest BCUT2D eigenvalue weighted by Crippen LogP contribution is 2.55. The molecular formula is C48H54N2O11. The fourth-order valence-electron chi connectivity index (χ4n) is 9.51. The summed E-state index contributed by atoms with van der Waals surface area (Å²) in [6.45, 7) is 2.25. The van der Waals surface area contributed by atoms with Crippen LogP contribution in [0.1, 0.15) is 45.5 Å². The normalized spacial score (nSPS) is 17.2. The number of methoxy groups -OCH3 is 7. The molecule has 0 saturated heterocycles. The average molecular weight is 835 g/mol. The molecule has 4 N–H and O–H groups in total. The molecule has 3 unspecified atom stereocenters. The number of aliphatic hydroxyl groups is 1. The first-order chi connectivity index (χ1) is 29.7. The van der Waals surface area contributed by atoms with Crippen molar-refractivity contribution in [3.63, 3.8) is 0 Å². The van der Waals surface area contributed by atoms with Gasteiger partial charge in [0.25, 0.3) is 0 Å². The van der Waals surface area contributed by atoms with Crippen molar-refractivity contribution in [3.05, 3.63) is 94.0 Å². The van der Waals surface area contributed by atoms with E-state index < -0.39 is 6.10 Å². The lowest BCUT2D eigenvalue weighted by molar-refractivity contribution is 0.0473. The van der Waals surface area contributed by atoms with Crippen LogP contribution in [0, 0.1) is 0 Å². The Morgan fingerprint density at radius 2 is 1.08 bits per heavy atom. The maximum absolute atomic E-state index is 11.3. The van der Waals surface area contributed by atoms with Crippen LogP contribution in [0.25, 0.3) is 22.3 Å². The van der Waals surface area contributed by atoms with Gasteiger partial charge in [-0.2, -0.15) is 0 Å². The van der Waals surface area contributed by atoms with Gasteiger partial charge >= 0.3 is 0 Å². The lowest BCUT2D eigenvalue weighted by Gasteiger charge is -2.42. The smallest absolute Gasteiger partial charge is 0.166 e. The predicted molar refractivity (Wildman–Crippen MR) is 231 cm³/mol. The van der Waals surface area contributed by atoms with Gasteiger partial charge in [0, 0.05) is 36.3 Å². The van der Waals surface area contributed by atoms with Crippen molar-refractivity contribution < 1.29 is 53.2 Å². The number of aliphatic hydroxyl groups excluding tert-OH is 1. The van der Waals surface area contributed by atoms with Crippen molar-refractivity contribution in [1.29, 1.82) is 0 Å². The van der Waals surface area contributed by atoms with Crippen LogP contribution in [-0.4, -0.2) is 102 Å². The third kappa shape index (κ3) is 7.55. The number of ether oxygens (including phenoxy) is 8. The van der Waals surface area contributed by atoms with E-state index in [9.17, 15) is 15.3 Å². The highest BCUT2D eigenvalue weighted by molar-refractivity contribution is 5.86. The molecule has 5 aromatic rings. The van der Waals surface area contributed by atoms with Gasteiger partial charge < -0.3 is 58.5 Å². The molecule has 2 aliphatic heterocycles. The van der Waals surface area contributed by atoms with E-state index in [-0.39, 0.29) is 30.2 Å². The lowest BCUT2D eigenvalue weighted by atomic mass is 9.76. The number of rotatable bonds is 12. The Morgan fingerprint density at radius 3 is 1.66 bits per heavy atom. The Balaban J connectivity index is 0.000000184. The molecule has 322 valence electrons. The Hall–Kier alpha value is -6.02. The Bertz CT molecular complexity index is 2430. The molecule has 0 bridgehead atoms. The van der Waals surface area contributed by atoms with Gasteiger partial charge in [0.2, 0.25) is 0 Å². The molecule has 0 spiro atoms. The Labute approximate surface area is 356 Å².